The van der Waals surface area contributed by atoms with Crippen molar-refractivity contribution in [1.29, 1.82) is 0 Å². The molecule has 0 aliphatic heterocycles. The van der Waals surface area contributed by atoms with Gasteiger partial charge in [0.25, 0.3) is 0 Å². The van der Waals surface area contributed by atoms with Crippen LogP contribution >= 0.6 is 0 Å². The first kappa shape index (κ1) is 17.8. The minimum Gasteiger partial charge on any atom is -0.489 e. The Balaban J connectivity index is 1.89. The van der Waals surface area contributed by atoms with Gasteiger partial charge in [-0.25, -0.2) is 4.79 Å². The Bertz CT molecular complexity index is 697. The van der Waals surface area contributed by atoms with Crippen LogP contribution in [0.1, 0.15) is 35.1 Å². The van der Waals surface area contributed by atoms with E-state index in [1.165, 1.54) is 28.3 Å². The Morgan fingerprint density at radius 2 is 1.83 bits per heavy atom. The highest BCUT2D eigenvalue weighted by molar-refractivity contribution is 5.79. The fourth-order valence-corrected chi connectivity index (χ4v) is 2.63. The Morgan fingerprint density at radius 1 is 1.12 bits per heavy atom. The van der Waals surface area contributed by atoms with Crippen LogP contribution in [0, 0.1) is 13.8 Å². The Hall–Kier alpha value is -2.55. The second kappa shape index (κ2) is 8.92. The molecule has 126 valence electrons. The molecule has 0 saturated heterocycles. The van der Waals surface area contributed by atoms with Gasteiger partial charge in [-0.05, 0) is 67.5 Å². The number of rotatable bonds is 8. The lowest BCUT2D eigenvalue weighted by atomic mass is 10.0. The van der Waals surface area contributed by atoms with Gasteiger partial charge >= 0.3 is 5.97 Å². The molecule has 0 amide bonds. The van der Waals surface area contributed by atoms with Gasteiger partial charge in [-0.15, -0.1) is 0 Å². The van der Waals surface area contributed by atoms with Gasteiger partial charge in [0.15, 0.2) is 0 Å². The fourth-order valence-electron chi connectivity index (χ4n) is 2.63. The molecule has 1 N–H and O–H groups in total. The minimum atomic E-state index is -0.892. The van der Waals surface area contributed by atoms with Crippen molar-refractivity contribution >= 4 is 5.97 Å². The predicted octanol–water partition coefficient (Wildman–Crippen LogP) is 4.85. The molecule has 0 atom stereocenters. The van der Waals surface area contributed by atoms with E-state index in [9.17, 15) is 4.79 Å². The maximum atomic E-state index is 10.4. The van der Waals surface area contributed by atoms with Crippen LogP contribution in [-0.2, 0) is 17.8 Å². The van der Waals surface area contributed by atoms with E-state index >= 15 is 0 Å². The Kier molecular flexibility index (Phi) is 6.62. The molecule has 2 rings (SSSR count). The molecule has 0 aliphatic rings. The number of unbranched alkanes of at least 4 members (excludes halogenated alkanes) is 1. The molecular weight excluding hydrogens is 300 g/mol. The van der Waals surface area contributed by atoms with Crippen LogP contribution in [-0.4, -0.2) is 11.1 Å². The average Bonchev–Trinajstić information content (AvgIpc) is 2.54. The summed E-state index contributed by atoms with van der Waals surface area (Å²) in [6.45, 7) is 4.78. The smallest absolute Gasteiger partial charge is 0.327 e. The largest absolute Gasteiger partial charge is 0.489 e. The normalized spacial score (nSPS) is 10.9. The van der Waals surface area contributed by atoms with E-state index in [2.05, 4.69) is 44.2 Å². The number of benzene rings is 2. The van der Waals surface area contributed by atoms with Gasteiger partial charge in [-0.3, -0.25) is 0 Å². The molecule has 0 saturated carbocycles. The monoisotopic (exact) mass is 324 g/mol. The van der Waals surface area contributed by atoms with Gasteiger partial charge in [-0.1, -0.05) is 36.4 Å². The first-order valence-electron chi connectivity index (χ1n) is 8.22. The van der Waals surface area contributed by atoms with Gasteiger partial charge in [0.2, 0.25) is 0 Å². The summed E-state index contributed by atoms with van der Waals surface area (Å²) in [5.41, 5.74) is 4.94. The molecule has 3 nitrogen and oxygen atoms in total. The third-order valence-corrected chi connectivity index (χ3v) is 4.02. The molecule has 2 aromatic carbocycles. The van der Waals surface area contributed by atoms with E-state index in [1.54, 1.807) is 6.08 Å². The number of carbonyl (C=O) groups is 1. The molecule has 0 radical (unpaired) electrons. The average molecular weight is 324 g/mol. The van der Waals surface area contributed by atoms with E-state index in [-0.39, 0.29) is 0 Å². The van der Waals surface area contributed by atoms with Crippen LogP contribution in [0.5, 0.6) is 5.75 Å². The van der Waals surface area contributed by atoms with Crippen molar-refractivity contribution < 1.29 is 14.6 Å². The number of aliphatic carboxylic acids is 1. The standard InChI is InChI=1S/C21H24O3/c1-16-8-6-9-17(2)20(16)15-24-19-12-7-11-18(14-19)10-4-3-5-13-21(22)23/h5-9,11-14H,3-4,10,15H2,1-2H3,(H,22,23). The molecule has 0 bridgehead atoms. The number of aryl methyl sites for hydroxylation is 3. The number of carboxylic acid groups (broad SMARTS) is 1. The lowest BCUT2D eigenvalue weighted by Gasteiger charge is -2.12. The van der Waals surface area contributed by atoms with Crippen LogP contribution < -0.4 is 4.74 Å². The topological polar surface area (TPSA) is 46.5 Å². The second-order valence-corrected chi connectivity index (χ2v) is 5.94. The number of hydrogen-bond donors (Lipinski definition) is 1. The SMILES string of the molecule is Cc1cccc(C)c1COc1cccc(CCCC=CC(=O)O)c1. The van der Waals surface area contributed by atoms with Gasteiger partial charge in [0.1, 0.15) is 12.4 Å². The van der Waals surface area contributed by atoms with Crippen LogP contribution in [0.4, 0.5) is 0 Å². The maximum Gasteiger partial charge on any atom is 0.327 e. The molecule has 0 fully saturated rings. The first-order chi connectivity index (χ1) is 11.6. The third-order valence-electron chi connectivity index (χ3n) is 4.02. The van der Waals surface area contributed by atoms with E-state index in [0.29, 0.717) is 6.61 Å². The van der Waals surface area contributed by atoms with Crippen molar-refractivity contribution in [3.63, 3.8) is 0 Å². The molecule has 24 heavy (non-hydrogen) atoms. The van der Waals surface area contributed by atoms with Crippen LogP contribution in [0.25, 0.3) is 0 Å². The highest BCUT2D eigenvalue weighted by atomic mass is 16.5. The van der Waals surface area contributed by atoms with Gasteiger partial charge < -0.3 is 9.84 Å². The fraction of sp³-hybridized carbons (Fsp3) is 0.286. The van der Waals surface area contributed by atoms with E-state index < -0.39 is 5.97 Å². The number of ether oxygens (including phenoxy) is 1. The summed E-state index contributed by atoms with van der Waals surface area (Å²) in [5, 5.41) is 8.55. The van der Waals surface area contributed by atoms with Crippen molar-refractivity contribution in [3.05, 3.63) is 76.9 Å². The molecular formula is C21H24O3. The molecule has 0 heterocycles. The molecule has 0 aliphatic carbocycles. The lowest BCUT2D eigenvalue weighted by molar-refractivity contribution is -0.131. The number of allylic oxidation sites excluding steroid dienone is 1. The minimum absolute atomic E-state index is 0.573. The summed E-state index contributed by atoms with van der Waals surface area (Å²) in [5.74, 6) is -0.0203. The van der Waals surface area contributed by atoms with E-state index in [4.69, 9.17) is 9.84 Å². The zero-order chi connectivity index (χ0) is 17.4. The molecule has 3 heteroatoms. The first-order valence-corrected chi connectivity index (χ1v) is 8.22. The van der Waals surface area contributed by atoms with Crippen LogP contribution in [0.15, 0.2) is 54.6 Å². The zero-order valence-electron chi connectivity index (χ0n) is 14.3. The molecule has 0 aromatic heterocycles. The van der Waals surface area contributed by atoms with Crippen LogP contribution in [0.2, 0.25) is 0 Å². The summed E-state index contributed by atoms with van der Waals surface area (Å²) in [7, 11) is 0. The summed E-state index contributed by atoms with van der Waals surface area (Å²) in [6.07, 6.45) is 5.49. The number of carboxylic acids is 1. The molecule has 2 aromatic rings. The zero-order valence-corrected chi connectivity index (χ0v) is 14.3. The van der Waals surface area contributed by atoms with Crippen molar-refractivity contribution in [2.75, 3.05) is 0 Å². The lowest BCUT2D eigenvalue weighted by Crippen LogP contribution is -2.00. The predicted molar refractivity (Wildman–Crippen MR) is 96.4 cm³/mol. The molecule has 0 spiro atoms. The van der Waals surface area contributed by atoms with Gasteiger partial charge in [0, 0.05) is 6.08 Å². The van der Waals surface area contributed by atoms with E-state index in [0.717, 1.165) is 25.0 Å². The summed E-state index contributed by atoms with van der Waals surface area (Å²) >= 11 is 0. The van der Waals surface area contributed by atoms with Crippen molar-refractivity contribution in [1.82, 2.24) is 0 Å². The Labute approximate surface area is 143 Å². The molecule has 0 unspecified atom stereocenters. The maximum absolute atomic E-state index is 10.4. The van der Waals surface area contributed by atoms with Crippen molar-refractivity contribution in [3.8, 4) is 5.75 Å². The summed E-state index contributed by atoms with van der Waals surface area (Å²) in [4.78, 5) is 10.4. The quantitative estimate of drug-likeness (QED) is 0.558. The van der Waals surface area contributed by atoms with Gasteiger partial charge in [-0.2, -0.15) is 0 Å². The second-order valence-electron chi connectivity index (χ2n) is 5.94. The Morgan fingerprint density at radius 3 is 2.54 bits per heavy atom. The number of hydrogen-bond acceptors (Lipinski definition) is 2. The summed E-state index contributed by atoms with van der Waals surface area (Å²) < 4.78 is 5.96. The van der Waals surface area contributed by atoms with Gasteiger partial charge in [0.05, 0.1) is 0 Å². The highest BCUT2D eigenvalue weighted by Crippen LogP contribution is 2.19. The summed E-state index contributed by atoms with van der Waals surface area (Å²) in [6, 6.07) is 14.4. The van der Waals surface area contributed by atoms with Crippen molar-refractivity contribution in [2.24, 2.45) is 0 Å². The van der Waals surface area contributed by atoms with Crippen LogP contribution in [0.3, 0.4) is 0 Å². The van der Waals surface area contributed by atoms with Crippen molar-refractivity contribution in [2.45, 2.75) is 39.7 Å². The van der Waals surface area contributed by atoms with E-state index in [1.807, 2.05) is 12.1 Å². The highest BCUT2D eigenvalue weighted by Gasteiger charge is 2.04. The third kappa shape index (κ3) is 5.58.